The third-order valence-corrected chi connectivity index (χ3v) is 2.22. The molecule has 0 N–H and O–H groups in total. The minimum absolute atomic E-state index is 0.0342. The highest BCUT2D eigenvalue weighted by molar-refractivity contribution is 5.66. The van der Waals surface area contributed by atoms with Gasteiger partial charge in [0.15, 0.2) is 6.29 Å². The zero-order chi connectivity index (χ0) is 14.3. The average molecular weight is 268 g/mol. The van der Waals surface area contributed by atoms with Gasteiger partial charge in [0.1, 0.15) is 25.4 Å². The lowest BCUT2D eigenvalue weighted by Crippen LogP contribution is -2.42. The molecule has 0 aromatic rings. The Bertz CT molecular complexity index is 394. The summed E-state index contributed by atoms with van der Waals surface area (Å²) in [5, 5.41) is 0. The fourth-order valence-electron chi connectivity index (χ4n) is 1.48. The fourth-order valence-corrected chi connectivity index (χ4v) is 1.48. The maximum absolute atomic E-state index is 11.0. The van der Waals surface area contributed by atoms with E-state index < -0.39 is 30.4 Å². The highest BCUT2D eigenvalue weighted by Gasteiger charge is 2.30. The zero-order valence-corrected chi connectivity index (χ0v) is 10.8. The van der Waals surface area contributed by atoms with Crippen LogP contribution in [0.5, 0.6) is 0 Å². The molecule has 6 nitrogen and oxygen atoms in total. The Labute approximate surface area is 111 Å². The van der Waals surface area contributed by atoms with E-state index in [9.17, 15) is 9.59 Å². The molecule has 0 aromatic carbocycles. The molecule has 1 aliphatic rings. The molecular weight excluding hydrogens is 252 g/mol. The Hall–Kier alpha value is -1.84. The van der Waals surface area contributed by atoms with Crippen LogP contribution in [0, 0.1) is 12.3 Å². The lowest BCUT2D eigenvalue weighted by Gasteiger charge is -2.30. The van der Waals surface area contributed by atoms with Gasteiger partial charge in [-0.3, -0.25) is 9.59 Å². The molecule has 0 radical (unpaired) electrons. The first-order valence-corrected chi connectivity index (χ1v) is 5.72. The van der Waals surface area contributed by atoms with Crippen LogP contribution in [0.1, 0.15) is 13.8 Å². The van der Waals surface area contributed by atoms with Gasteiger partial charge in [-0.2, -0.15) is 0 Å². The quantitative estimate of drug-likeness (QED) is 0.408. The van der Waals surface area contributed by atoms with E-state index in [2.05, 4.69) is 5.92 Å². The van der Waals surface area contributed by atoms with Crippen LogP contribution in [0.15, 0.2) is 12.2 Å². The number of rotatable bonds is 5. The molecule has 1 aliphatic heterocycles. The number of terminal acetylenes is 1. The predicted molar refractivity (Wildman–Crippen MR) is 64.8 cm³/mol. The van der Waals surface area contributed by atoms with Gasteiger partial charge in [0, 0.05) is 13.8 Å². The van der Waals surface area contributed by atoms with E-state index in [-0.39, 0.29) is 13.2 Å². The second-order valence-electron chi connectivity index (χ2n) is 3.82. The van der Waals surface area contributed by atoms with Crippen molar-refractivity contribution in [3.8, 4) is 12.3 Å². The predicted octanol–water partition coefficient (Wildman–Crippen LogP) is 0.412. The summed E-state index contributed by atoms with van der Waals surface area (Å²) in [6.45, 7) is 2.63. The van der Waals surface area contributed by atoms with Gasteiger partial charge in [-0.05, 0) is 12.2 Å². The molecule has 0 spiro atoms. The molecule has 6 heteroatoms. The van der Waals surface area contributed by atoms with Crippen molar-refractivity contribution in [2.75, 3.05) is 13.2 Å². The number of carbonyl (C=O) groups excluding carboxylic acids is 2. The van der Waals surface area contributed by atoms with Crippen molar-refractivity contribution in [3.63, 3.8) is 0 Å². The van der Waals surface area contributed by atoms with Crippen LogP contribution in [-0.2, 0) is 28.5 Å². The Morgan fingerprint density at radius 3 is 2.63 bits per heavy atom. The molecule has 19 heavy (non-hydrogen) atoms. The Balaban J connectivity index is 2.63. The topological polar surface area (TPSA) is 71.1 Å². The largest absolute Gasteiger partial charge is 0.463 e. The zero-order valence-electron chi connectivity index (χ0n) is 10.8. The number of esters is 2. The number of ether oxygens (including phenoxy) is 4. The lowest BCUT2D eigenvalue weighted by molar-refractivity contribution is -0.193. The molecule has 0 saturated heterocycles. The summed E-state index contributed by atoms with van der Waals surface area (Å²) in [6, 6.07) is 0. The molecular formula is C13H16O6. The van der Waals surface area contributed by atoms with E-state index in [0.29, 0.717) is 0 Å². The minimum Gasteiger partial charge on any atom is -0.463 e. The Kier molecular flexibility index (Phi) is 6.06. The van der Waals surface area contributed by atoms with Crippen molar-refractivity contribution in [2.45, 2.75) is 32.3 Å². The Morgan fingerprint density at radius 1 is 1.32 bits per heavy atom. The molecule has 0 bridgehead atoms. The normalized spacial score (nSPS) is 25.4. The smallest absolute Gasteiger partial charge is 0.303 e. The lowest BCUT2D eigenvalue weighted by atomic mass is 10.1. The van der Waals surface area contributed by atoms with Crippen molar-refractivity contribution in [3.05, 3.63) is 12.2 Å². The van der Waals surface area contributed by atoms with Crippen molar-refractivity contribution in [2.24, 2.45) is 0 Å². The molecule has 0 fully saturated rings. The maximum Gasteiger partial charge on any atom is 0.303 e. The fraction of sp³-hybridized carbons (Fsp3) is 0.538. The highest BCUT2D eigenvalue weighted by atomic mass is 16.7. The SMILES string of the molecule is C#CCO[C@@H]1C=C[C@H](OC(C)=O)[C@@H](COC(C)=O)O1. The average Bonchev–Trinajstić information content (AvgIpc) is 2.35. The van der Waals surface area contributed by atoms with Gasteiger partial charge < -0.3 is 18.9 Å². The first-order valence-electron chi connectivity index (χ1n) is 5.72. The molecule has 3 atom stereocenters. The second-order valence-corrected chi connectivity index (χ2v) is 3.82. The van der Waals surface area contributed by atoms with Crippen molar-refractivity contribution >= 4 is 11.9 Å². The minimum atomic E-state index is -0.650. The highest BCUT2D eigenvalue weighted by Crippen LogP contribution is 2.17. The van der Waals surface area contributed by atoms with Crippen LogP contribution in [0.2, 0.25) is 0 Å². The van der Waals surface area contributed by atoms with E-state index in [1.807, 2.05) is 0 Å². The monoisotopic (exact) mass is 268 g/mol. The molecule has 1 heterocycles. The number of carbonyl (C=O) groups is 2. The summed E-state index contributed by atoms with van der Waals surface area (Å²) in [6.07, 6.45) is 6.40. The first kappa shape index (κ1) is 15.2. The number of hydrogen-bond acceptors (Lipinski definition) is 6. The van der Waals surface area contributed by atoms with Crippen molar-refractivity contribution < 1.29 is 28.5 Å². The van der Waals surface area contributed by atoms with Crippen LogP contribution < -0.4 is 0 Å². The molecule has 0 saturated carbocycles. The molecule has 0 amide bonds. The van der Waals surface area contributed by atoms with Crippen molar-refractivity contribution in [1.82, 2.24) is 0 Å². The van der Waals surface area contributed by atoms with E-state index >= 15 is 0 Å². The standard InChI is InChI=1S/C13H16O6/c1-4-7-16-13-6-5-11(18-10(3)15)12(19-13)8-17-9(2)14/h1,5-6,11-13H,7-8H2,2-3H3/t11-,12+,13-/m0/s1. The summed E-state index contributed by atoms with van der Waals surface area (Å²) in [4.78, 5) is 21.8. The third-order valence-electron chi connectivity index (χ3n) is 2.22. The van der Waals surface area contributed by atoms with Gasteiger partial charge in [-0.25, -0.2) is 0 Å². The molecule has 0 aromatic heterocycles. The van der Waals surface area contributed by atoms with E-state index in [1.165, 1.54) is 13.8 Å². The van der Waals surface area contributed by atoms with Crippen LogP contribution in [0.25, 0.3) is 0 Å². The van der Waals surface area contributed by atoms with Gasteiger partial charge in [0.25, 0.3) is 0 Å². The van der Waals surface area contributed by atoms with Crippen molar-refractivity contribution in [1.29, 1.82) is 0 Å². The second kappa shape index (κ2) is 7.56. The van der Waals surface area contributed by atoms with Gasteiger partial charge in [0.2, 0.25) is 0 Å². The maximum atomic E-state index is 11.0. The van der Waals surface area contributed by atoms with E-state index in [4.69, 9.17) is 25.4 Å². The van der Waals surface area contributed by atoms with Gasteiger partial charge in [0.05, 0.1) is 0 Å². The molecule has 0 unspecified atom stereocenters. The summed E-state index contributed by atoms with van der Waals surface area (Å²) < 4.78 is 20.6. The number of hydrogen-bond donors (Lipinski definition) is 0. The molecule has 0 aliphatic carbocycles. The summed E-state index contributed by atoms with van der Waals surface area (Å²) in [7, 11) is 0. The van der Waals surface area contributed by atoms with E-state index in [1.54, 1.807) is 12.2 Å². The molecule has 1 rings (SSSR count). The Morgan fingerprint density at radius 2 is 2.05 bits per heavy atom. The first-order chi connectivity index (χ1) is 9.02. The molecule has 104 valence electrons. The summed E-state index contributed by atoms with van der Waals surface area (Å²) in [5.41, 5.74) is 0. The summed E-state index contributed by atoms with van der Waals surface area (Å²) in [5.74, 6) is 1.42. The summed E-state index contributed by atoms with van der Waals surface area (Å²) >= 11 is 0. The third kappa shape index (κ3) is 5.55. The van der Waals surface area contributed by atoms with Gasteiger partial charge >= 0.3 is 11.9 Å². The van der Waals surface area contributed by atoms with Crippen LogP contribution in [0.4, 0.5) is 0 Å². The van der Waals surface area contributed by atoms with Gasteiger partial charge in [-0.15, -0.1) is 6.42 Å². The van der Waals surface area contributed by atoms with Crippen LogP contribution in [0.3, 0.4) is 0 Å². The van der Waals surface area contributed by atoms with Crippen LogP contribution >= 0.6 is 0 Å². The van der Waals surface area contributed by atoms with Gasteiger partial charge in [-0.1, -0.05) is 5.92 Å². The van der Waals surface area contributed by atoms with E-state index in [0.717, 1.165) is 0 Å². The van der Waals surface area contributed by atoms with Crippen LogP contribution in [-0.4, -0.2) is 43.7 Å².